The molecule has 1 aromatic heterocycles. The molecule has 0 spiro atoms. The summed E-state index contributed by atoms with van der Waals surface area (Å²) in [5.74, 6) is -0.938. The topological polar surface area (TPSA) is 72.2 Å². The number of halogens is 3. The zero-order valence-corrected chi connectivity index (χ0v) is 13.7. The third kappa shape index (κ3) is 6.09. The standard InChI is InChI=1S/C15H9F3N2O3.C2H6.CH4/c1-22-14(21)10-3-2-4-11(7-10)23-13-6-9(8-19)5-12(20-13)15(16,17)18;1-2;/h2-7H,1H3;1-2H3;1H4. The van der Waals surface area contributed by atoms with Crippen LogP contribution < -0.4 is 4.74 Å². The summed E-state index contributed by atoms with van der Waals surface area (Å²) in [6.45, 7) is 4.00. The van der Waals surface area contributed by atoms with Gasteiger partial charge < -0.3 is 9.47 Å². The van der Waals surface area contributed by atoms with Gasteiger partial charge in [0.15, 0.2) is 0 Å². The Kier molecular flexibility index (Phi) is 8.85. The number of nitriles is 1. The first-order chi connectivity index (χ1) is 11.8. The van der Waals surface area contributed by atoms with E-state index in [1.54, 1.807) is 6.07 Å². The fraction of sp³-hybridized carbons (Fsp3) is 0.278. The first-order valence-corrected chi connectivity index (χ1v) is 7.19. The van der Waals surface area contributed by atoms with E-state index in [-0.39, 0.29) is 24.3 Å². The van der Waals surface area contributed by atoms with Crippen LogP contribution in [-0.2, 0) is 10.9 Å². The number of carbonyl (C=O) groups excluding carboxylic acids is 1. The van der Waals surface area contributed by atoms with Crippen molar-refractivity contribution in [3.63, 3.8) is 0 Å². The lowest BCUT2D eigenvalue weighted by Crippen LogP contribution is -2.09. The minimum absolute atomic E-state index is 0. The van der Waals surface area contributed by atoms with Gasteiger partial charge in [0.05, 0.1) is 24.3 Å². The lowest BCUT2D eigenvalue weighted by atomic mass is 10.2. The highest BCUT2D eigenvalue weighted by molar-refractivity contribution is 5.89. The number of rotatable bonds is 3. The normalized spacial score (nSPS) is 9.73. The maximum Gasteiger partial charge on any atom is 0.433 e. The summed E-state index contributed by atoms with van der Waals surface area (Å²) in [6, 6.07) is 8.95. The van der Waals surface area contributed by atoms with Crippen LogP contribution in [0.4, 0.5) is 13.2 Å². The molecule has 0 saturated heterocycles. The van der Waals surface area contributed by atoms with Crippen molar-refractivity contribution in [2.75, 3.05) is 7.11 Å². The second-order valence-electron chi connectivity index (χ2n) is 4.31. The van der Waals surface area contributed by atoms with Crippen LogP contribution in [0.2, 0.25) is 0 Å². The number of alkyl halides is 3. The zero-order valence-electron chi connectivity index (χ0n) is 13.7. The molecule has 5 nitrogen and oxygen atoms in total. The zero-order chi connectivity index (χ0) is 19.0. The highest BCUT2D eigenvalue weighted by Crippen LogP contribution is 2.31. The third-order valence-electron chi connectivity index (χ3n) is 2.70. The van der Waals surface area contributed by atoms with Crippen molar-refractivity contribution in [2.24, 2.45) is 0 Å². The Morgan fingerprint density at radius 2 is 1.85 bits per heavy atom. The molecule has 8 heteroatoms. The molecular formula is C18H19F3N2O3. The highest BCUT2D eigenvalue weighted by Gasteiger charge is 2.33. The van der Waals surface area contributed by atoms with E-state index in [1.165, 1.54) is 31.4 Å². The number of esters is 1. The Morgan fingerprint density at radius 3 is 2.38 bits per heavy atom. The average Bonchev–Trinajstić information content (AvgIpc) is 2.62. The second-order valence-corrected chi connectivity index (χ2v) is 4.31. The first kappa shape index (κ1) is 22.9. The third-order valence-corrected chi connectivity index (χ3v) is 2.70. The number of ether oxygens (including phenoxy) is 2. The fourth-order valence-electron chi connectivity index (χ4n) is 1.69. The Morgan fingerprint density at radius 1 is 1.19 bits per heavy atom. The van der Waals surface area contributed by atoms with Crippen molar-refractivity contribution in [3.05, 3.63) is 53.2 Å². The average molecular weight is 368 g/mol. The Hall–Kier alpha value is -3.08. The van der Waals surface area contributed by atoms with E-state index in [9.17, 15) is 18.0 Å². The molecule has 2 rings (SSSR count). The lowest BCUT2D eigenvalue weighted by Gasteiger charge is -2.10. The number of methoxy groups -OCH3 is 1. The monoisotopic (exact) mass is 368 g/mol. The van der Waals surface area contributed by atoms with Crippen LogP contribution in [0.1, 0.15) is 42.9 Å². The van der Waals surface area contributed by atoms with E-state index in [0.29, 0.717) is 6.07 Å². The van der Waals surface area contributed by atoms with E-state index < -0.39 is 23.7 Å². The molecule has 0 unspecified atom stereocenters. The van der Waals surface area contributed by atoms with Crippen molar-refractivity contribution >= 4 is 5.97 Å². The number of benzene rings is 1. The molecule has 0 atom stereocenters. The van der Waals surface area contributed by atoms with Gasteiger partial charge in [-0.05, 0) is 24.3 Å². The van der Waals surface area contributed by atoms with Gasteiger partial charge in [-0.25, -0.2) is 9.78 Å². The molecule has 0 aliphatic carbocycles. The van der Waals surface area contributed by atoms with Gasteiger partial charge >= 0.3 is 12.1 Å². The summed E-state index contributed by atoms with van der Waals surface area (Å²) >= 11 is 0. The molecule has 0 saturated carbocycles. The SMILES string of the molecule is C.CC.COC(=O)c1cccc(Oc2cc(C#N)cc(C(F)(F)F)n2)c1. The van der Waals surface area contributed by atoms with Gasteiger partial charge in [0.1, 0.15) is 11.4 Å². The van der Waals surface area contributed by atoms with Crippen LogP contribution in [0.3, 0.4) is 0 Å². The summed E-state index contributed by atoms with van der Waals surface area (Å²) < 4.78 is 48.0. The highest BCUT2D eigenvalue weighted by atomic mass is 19.4. The van der Waals surface area contributed by atoms with Gasteiger partial charge in [-0.2, -0.15) is 18.4 Å². The largest absolute Gasteiger partial charge is 0.465 e. The van der Waals surface area contributed by atoms with E-state index in [4.69, 9.17) is 10.00 Å². The summed E-state index contributed by atoms with van der Waals surface area (Å²) in [4.78, 5) is 14.7. The summed E-state index contributed by atoms with van der Waals surface area (Å²) in [6.07, 6.45) is -4.71. The van der Waals surface area contributed by atoms with Gasteiger partial charge in [-0.3, -0.25) is 0 Å². The van der Waals surface area contributed by atoms with Crippen molar-refractivity contribution in [1.82, 2.24) is 4.98 Å². The number of pyridine rings is 1. The number of carbonyl (C=O) groups is 1. The van der Waals surface area contributed by atoms with Crippen LogP contribution in [0, 0.1) is 11.3 Å². The second kappa shape index (κ2) is 10.0. The molecule has 0 aliphatic rings. The molecule has 0 bridgehead atoms. The molecule has 1 aromatic carbocycles. The van der Waals surface area contributed by atoms with Gasteiger partial charge in [0.2, 0.25) is 5.88 Å². The van der Waals surface area contributed by atoms with Crippen LogP contribution in [-0.4, -0.2) is 18.1 Å². The minimum atomic E-state index is -4.71. The number of hydrogen-bond acceptors (Lipinski definition) is 5. The van der Waals surface area contributed by atoms with E-state index >= 15 is 0 Å². The Labute approximate surface area is 150 Å². The Bertz CT molecular complexity index is 784. The van der Waals surface area contributed by atoms with Crippen molar-refractivity contribution in [1.29, 1.82) is 5.26 Å². The van der Waals surface area contributed by atoms with E-state index in [0.717, 1.165) is 6.07 Å². The molecule has 26 heavy (non-hydrogen) atoms. The van der Waals surface area contributed by atoms with Gasteiger partial charge in [0.25, 0.3) is 0 Å². The maximum atomic E-state index is 12.8. The fourth-order valence-corrected chi connectivity index (χ4v) is 1.69. The minimum Gasteiger partial charge on any atom is -0.465 e. The molecular weight excluding hydrogens is 349 g/mol. The Balaban J connectivity index is 0.00000201. The molecule has 0 N–H and O–H groups in total. The lowest BCUT2D eigenvalue weighted by molar-refractivity contribution is -0.141. The van der Waals surface area contributed by atoms with Crippen LogP contribution in [0.5, 0.6) is 11.6 Å². The van der Waals surface area contributed by atoms with Crippen LogP contribution in [0.15, 0.2) is 36.4 Å². The molecule has 140 valence electrons. The van der Waals surface area contributed by atoms with Gasteiger partial charge in [-0.15, -0.1) is 0 Å². The number of hydrogen-bond donors (Lipinski definition) is 0. The van der Waals surface area contributed by atoms with Gasteiger partial charge in [-0.1, -0.05) is 27.3 Å². The number of nitrogens with zero attached hydrogens (tertiary/aromatic N) is 2. The van der Waals surface area contributed by atoms with Crippen molar-refractivity contribution in [3.8, 4) is 17.7 Å². The predicted octanol–water partition coefficient (Wildman–Crippen LogP) is 5.21. The van der Waals surface area contributed by atoms with Crippen LogP contribution >= 0.6 is 0 Å². The van der Waals surface area contributed by atoms with Crippen molar-refractivity contribution in [2.45, 2.75) is 27.5 Å². The molecule has 0 amide bonds. The smallest absolute Gasteiger partial charge is 0.433 e. The quantitative estimate of drug-likeness (QED) is 0.695. The van der Waals surface area contributed by atoms with E-state index in [2.05, 4.69) is 9.72 Å². The summed E-state index contributed by atoms with van der Waals surface area (Å²) in [7, 11) is 1.20. The molecule has 0 fully saturated rings. The molecule has 0 radical (unpaired) electrons. The molecule has 0 aliphatic heterocycles. The maximum absolute atomic E-state index is 12.8. The van der Waals surface area contributed by atoms with E-state index in [1.807, 2.05) is 13.8 Å². The van der Waals surface area contributed by atoms with Crippen molar-refractivity contribution < 1.29 is 27.4 Å². The first-order valence-electron chi connectivity index (χ1n) is 7.19. The summed E-state index contributed by atoms with van der Waals surface area (Å²) in [5.41, 5.74) is -1.32. The predicted molar refractivity (Wildman–Crippen MR) is 89.9 cm³/mol. The summed E-state index contributed by atoms with van der Waals surface area (Å²) in [5, 5.41) is 8.81. The number of aromatic nitrogens is 1. The molecule has 1 heterocycles. The molecule has 2 aromatic rings. The van der Waals surface area contributed by atoms with Crippen LogP contribution in [0.25, 0.3) is 0 Å². The van der Waals surface area contributed by atoms with Gasteiger partial charge in [0, 0.05) is 6.07 Å².